The van der Waals surface area contributed by atoms with Gasteiger partial charge in [0.25, 0.3) is 0 Å². The summed E-state index contributed by atoms with van der Waals surface area (Å²) in [5.41, 5.74) is 0. The van der Waals surface area contributed by atoms with Crippen molar-refractivity contribution in [2.75, 3.05) is 0 Å². The minimum Gasteiger partial charge on any atom is -0.252 e. The average Bonchev–Trinajstić information content (AvgIpc) is 2.58. The lowest BCUT2D eigenvalue weighted by atomic mass is 9.70. The molecule has 0 aliphatic heterocycles. The van der Waals surface area contributed by atoms with E-state index in [0.717, 1.165) is 31.6 Å². The molecule has 0 amide bonds. The van der Waals surface area contributed by atoms with Crippen molar-refractivity contribution < 1.29 is 14.5 Å². The van der Waals surface area contributed by atoms with Crippen LogP contribution in [0.25, 0.3) is 0 Å². The summed E-state index contributed by atoms with van der Waals surface area (Å²) >= 11 is 0. The molecule has 4 atom stereocenters. The third kappa shape index (κ3) is 5.42. The third-order valence-electron chi connectivity index (χ3n) is 6.62. The predicted molar refractivity (Wildman–Crippen MR) is 93.1 cm³/mol. The zero-order valence-corrected chi connectivity index (χ0v) is 15.2. The lowest BCUT2D eigenvalue weighted by Crippen LogP contribution is -2.41. The van der Waals surface area contributed by atoms with Crippen molar-refractivity contribution in [2.24, 2.45) is 23.7 Å². The van der Waals surface area contributed by atoms with E-state index in [2.05, 4.69) is 13.8 Å². The lowest BCUT2D eigenvalue weighted by molar-refractivity contribution is -0.310. The van der Waals surface area contributed by atoms with Gasteiger partial charge in [0.2, 0.25) is 0 Å². The second kappa shape index (κ2) is 9.98. The fourth-order valence-electron chi connectivity index (χ4n) is 4.97. The molecule has 2 rings (SSSR count). The molecule has 1 N–H and O–H groups in total. The molecule has 136 valence electrons. The molecule has 3 heteroatoms. The van der Waals surface area contributed by atoms with Crippen LogP contribution in [0.1, 0.15) is 90.9 Å². The van der Waals surface area contributed by atoms with Crippen molar-refractivity contribution in [3.8, 4) is 0 Å². The summed E-state index contributed by atoms with van der Waals surface area (Å²) in [6.45, 7) is 4.47. The van der Waals surface area contributed by atoms with E-state index in [1.807, 2.05) is 0 Å². The highest BCUT2D eigenvalue weighted by Crippen LogP contribution is 2.42. The molecule has 0 saturated heterocycles. The second-order valence-electron chi connectivity index (χ2n) is 8.11. The van der Waals surface area contributed by atoms with Gasteiger partial charge >= 0.3 is 0 Å². The van der Waals surface area contributed by atoms with Crippen LogP contribution in [0.2, 0.25) is 0 Å². The summed E-state index contributed by atoms with van der Waals surface area (Å²) in [6, 6.07) is 0. The van der Waals surface area contributed by atoms with Gasteiger partial charge < -0.3 is 0 Å². The van der Waals surface area contributed by atoms with Crippen LogP contribution in [0, 0.1) is 23.7 Å². The van der Waals surface area contributed by atoms with E-state index in [0.29, 0.717) is 18.3 Å². The monoisotopic (exact) mass is 328 g/mol. The molecule has 2 fully saturated rings. The Morgan fingerprint density at radius 3 is 2.26 bits per heavy atom. The Kier molecular flexibility index (Phi) is 8.32. The van der Waals surface area contributed by atoms with Crippen LogP contribution in [0.15, 0.2) is 0 Å². The molecule has 0 aromatic carbocycles. The van der Waals surface area contributed by atoms with Gasteiger partial charge in [-0.3, -0.25) is 5.26 Å². The van der Waals surface area contributed by atoms with Crippen LogP contribution < -0.4 is 0 Å². The molecule has 2 nitrogen and oxygen atoms in total. The molecule has 2 aliphatic rings. The van der Waals surface area contributed by atoms with E-state index in [-0.39, 0.29) is 12.0 Å². The van der Waals surface area contributed by atoms with Gasteiger partial charge in [-0.2, -0.15) is 0 Å². The van der Waals surface area contributed by atoms with E-state index in [9.17, 15) is 9.65 Å². The first-order chi connectivity index (χ1) is 11.2. The van der Waals surface area contributed by atoms with Crippen molar-refractivity contribution in [1.82, 2.24) is 0 Å². The van der Waals surface area contributed by atoms with Gasteiger partial charge in [0, 0.05) is 5.92 Å². The van der Waals surface area contributed by atoms with Gasteiger partial charge in [0.05, 0.1) is 0 Å². The Bertz CT molecular complexity index is 315. The first-order valence-electron chi connectivity index (χ1n) is 10.1. The van der Waals surface area contributed by atoms with Crippen molar-refractivity contribution >= 4 is 0 Å². The van der Waals surface area contributed by atoms with Crippen molar-refractivity contribution in [3.63, 3.8) is 0 Å². The maximum absolute atomic E-state index is 14.8. The molecule has 0 bridgehead atoms. The topological polar surface area (TPSA) is 29.5 Å². The Balaban J connectivity index is 1.82. The third-order valence-corrected chi connectivity index (χ3v) is 6.62. The first kappa shape index (κ1) is 19.2. The Labute approximate surface area is 142 Å². The smallest absolute Gasteiger partial charge is 0.106 e. The van der Waals surface area contributed by atoms with Gasteiger partial charge in [-0.1, -0.05) is 58.8 Å². The molecule has 0 aromatic rings. The quantitative estimate of drug-likeness (QED) is 0.317. The summed E-state index contributed by atoms with van der Waals surface area (Å²) < 4.78 is 14.8. The molecular formula is C20H37FO2. The van der Waals surface area contributed by atoms with Crippen molar-refractivity contribution in [3.05, 3.63) is 0 Å². The van der Waals surface area contributed by atoms with Crippen LogP contribution in [0.4, 0.5) is 4.39 Å². The van der Waals surface area contributed by atoms with Crippen LogP contribution in [0.5, 0.6) is 0 Å². The largest absolute Gasteiger partial charge is 0.252 e. The molecule has 0 heterocycles. The van der Waals surface area contributed by atoms with Crippen molar-refractivity contribution in [1.29, 1.82) is 0 Å². The molecule has 0 aromatic heterocycles. The zero-order valence-electron chi connectivity index (χ0n) is 15.2. The van der Waals surface area contributed by atoms with Crippen LogP contribution >= 0.6 is 0 Å². The van der Waals surface area contributed by atoms with E-state index < -0.39 is 6.17 Å². The van der Waals surface area contributed by atoms with E-state index >= 15 is 0 Å². The fourth-order valence-corrected chi connectivity index (χ4v) is 4.97. The molecule has 0 spiro atoms. The van der Waals surface area contributed by atoms with Gasteiger partial charge in [0.15, 0.2) is 0 Å². The minimum atomic E-state index is -0.795. The standard InChI is InChI=1S/C20H37FO2/c1-3-5-6-7-16-10-13-18(19(21)14-16)20(23-22)17-11-8-15(4-2)9-12-17/h15-20,22H,3-14H2,1-2H3. The number of halogens is 1. The summed E-state index contributed by atoms with van der Waals surface area (Å²) in [6.07, 6.45) is 12.4. The number of alkyl halides is 1. The maximum Gasteiger partial charge on any atom is 0.106 e. The highest BCUT2D eigenvalue weighted by molar-refractivity contribution is 4.89. The average molecular weight is 329 g/mol. The van der Waals surface area contributed by atoms with Crippen LogP contribution in [-0.4, -0.2) is 17.5 Å². The van der Waals surface area contributed by atoms with Crippen LogP contribution in [0.3, 0.4) is 0 Å². The number of hydrogen-bond acceptors (Lipinski definition) is 2. The number of hydrogen-bond donors (Lipinski definition) is 1. The van der Waals surface area contributed by atoms with Gasteiger partial charge in [-0.25, -0.2) is 9.28 Å². The van der Waals surface area contributed by atoms with Crippen LogP contribution in [-0.2, 0) is 4.89 Å². The first-order valence-corrected chi connectivity index (χ1v) is 10.1. The second-order valence-corrected chi connectivity index (χ2v) is 8.11. The molecule has 2 saturated carbocycles. The predicted octanol–water partition coefficient (Wildman–Crippen LogP) is 6.40. The highest BCUT2D eigenvalue weighted by Gasteiger charge is 2.41. The number of unbranched alkanes of at least 4 members (excludes halogenated alkanes) is 2. The van der Waals surface area contributed by atoms with E-state index in [1.54, 1.807) is 0 Å². The summed E-state index contributed by atoms with van der Waals surface area (Å²) in [7, 11) is 0. The van der Waals surface area contributed by atoms with E-state index in [4.69, 9.17) is 4.89 Å². The zero-order chi connectivity index (χ0) is 16.7. The molecule has 0 radical (unpaired) electrons. The summed E-state index contributed by atoms with van der Waals surface area (Å²) in [5, 5.41) is 9.44. The molecule has 2 aliphatic carbocycles. The summed E-state index contributed by atoms with van der Waals surface area (Å²) in [5.74, 6) is 1.62. The van der Waals surface area contributed by atoms with Crippen molar-refractivity contribution in [2.45, 2.75) is 103 Å². The molecule has 4 unspecified atom stereocenters. The Hall–Kier alpha value is -0.150. The van der Waals surface area contributed by atoms with Gasteiger partial charge in [-0.05, 0) is 49.9 Å². The van der Waals surface area contributed by atoms with E-state index in [1.165, 1.54) is 44.9 Å². The Morgan fingerprint density at radius 1 is 1.00 bits per heavy atom. The highest BCUT2D eigenvalue weighted by atomic mass is 19.1. The Morgan fingerprint density at radius 2 is 1.70 bits per heavy atom. The SMILES string of the molecule is CCCCCC1CCC(C(OO)C2CCC(CC)CC2)C(F)C1. The van der Waals surface area contributed by atoms with Gasteiger partial charge in [-0.15, -0.1) is 0 Å². The minimum absolute atomic E-state index is 0.0920. The molecule has 23 heavy (non-hydrogen) atoms. The summed E-state index contributed by atoms with van der Waals surface area (Å²) in [4.78, 5) is 4.86. The normalized spacial score (nSPS) is 36.8. The fraction of sp³-hybridized carbons (Fsp3) is 1.00. The maximum atomic E-state index is 14.8. The molecular weight excluding hydrogens is 291 g/mol. The van der Waals surface area contributed by atoms with Gasteiger partial charge in [0.1, 0.15) is 12.3 Å². The lowest BCUT2D eigenvalue weighted by Gasteiger charge is -2.40. The number of rotatable bonds is 8.